The Balaban J connectivity index is 1.69. The zero-order valence-electron chi connectivity index (χ0n) is 12.5. The number of halogens is 1. The van der Waals surface area contributed by atoms with Crippen LogP contribution in [0.4, 0.5) is 5.69 Å². The molecular weight excluding hydrogens is 312 g/mol. The Bertz CT molecular complexity index is 825. The molecule has 0 aliphatic heterocycles. The number of amides is 1. The maximum Gasteiger partial charge on any atom is 0.272 e. The summed E-state index contributed by atoms with van der Waals surface area (Å²) in [6.45, 7) is 0. The highest BCUT2D eigenvalue weighted by atomic mass is 35.5. The minimum Gasteiger partial charge on any atom is -0.456 e. The fraction of sp³-hybridized carbons (Fsp3) is 0.0556. The highest BCUT2D eigenvalue weighted by Gasteiger charge is 2.09. The van der Waals surface area contributed by atoms with Crippen molar-refractivity contribution in [3.05, 3.63) is 77.6 Å². The van der Waals surface area contributed by atoms with Gasteiger partial charge in [0.2, 0.25) is 0 Å². The van der Waals surface area contributed by atoms with Gasteiger partial charge in [0, 0.05) is 18.9 Å². The zero-order valence-corrected chi connectivity index (χ0v) is 13.2. The lowest BCUT2D eigenvalue weighted by molar-refractivity contribution is 0.101. The van der Waals surface area contributed by atoms with E-state index < -0.39 is 0 Å². The third-order valence-corrected chi connectivity index (χ3v) is 3.67. The summed E-state index contributed by atoms with van der Waals surface area (Å²) in [6.07, 6.45) is 1.83. The van der Waals surface area contributed by atoms with Gasteiger partial charge < -0.3 is 14.6 Å². The predicted molar refractivity (Wildman–Crippen MR) is 91.3 cm³/mol. The SMILES string of the molecule is Cn1cccc1C(=O)Nc1ccc(Oc2ccccc2Cl)cc1. The normalized spacial score (nSPS) is 10.3. The molecule has 0 fully saturated rings. The van der Waals surface area contributed by atoms with Crippen LogP contribution in [0.15, 0.2) is 66.9 Å². The van der Waals surface area contributed by atoms with Crippen molar-refractivity contribution in [3.63, 3.8) is 0 Å². The largest absolute Gasteiger partial charge is 0.456 e. The van der Waals surface area contributed by atoms with Gasteiger partial charge in [0.05, 0.1) is 5.02 Å². The van der Waals surface area contributed by atoms with Gasteiger partial charge in [-0.3, -0.25) is 4.79 Å². The quantitative estimate of drug-likeness (QED) is 0.753. The Kier molecular flexibility index (Phi) is 4.35. The van der Waals surface area contributed by atoms with Crippen LogP contribution in [-0.4, -0.2) is 10.5 Å². The van der Waals surface area contributed by atoms with Gasteiger partial charge in [0.1, 0.15) is 17.2 Å². The molecule has 5 heteroatoms. The summed E-state index contributed by atoms with van der Waals surface area (Å²) >= 11 is 6.06. The summed E-state index contributed by atoms with van der Waals surface area (Å²) in [5.41, 5.74) is 1.30. The van der Waals surface area contributed by atoms with Crippen molar-refractivity contribution in [1.29, 1.82) is 0 Å². The number of nitrogens with one attached hydrogen (secondary N) is 1. The molecule has 0 spiro atoms. The number of rotatable bonds is 4. The number of nitrogens with zero attached hydrogens (tertiary/aromatic N) is 1. The number of benzene rings is 2. The Hall–Kier alpha value is -2.72. The minimum atomic E-state index is -0.155. The van der Waals surface area contributed by atoms with E-state index in [1.807, 2.05) is 31.4 Å². The third-order valence-electron chi connectivity index (χ3n) is 3.35. The zero-order chi connectivity index (χ0) is 16.2. The second-order valence-corrected chi connectivity index (χ2v) is 5.42. The Morgan fingerprint density at radius 3 is 2.43 bits per heavy atom. The molecule has 2 aromatic carbocycles. The Labute approximate surface area is 139 Å². The average molecular weight is 327 g/mol. The molecule has 0 aliphatic carbocycles. The van der Waals surface area contributed by atoms with Gasteiger partial charge >= 0.3 is 0 Å². The van der Waals surface area contributed by atoms with Crippen LogP contribution >= 0.6 is 11.6 Å². The highest BCUT2D eigenvalue weighted by Crippen LogP contribution is 2.29. The van der Waals surface area contributed by atoms with E-state index in [0.717, 1.165) is 0 Å². The van der Waals surface area contributed by atoms with E-state index >= 15 is 0 Å². The fourth-order valence-electron chi connectivity index (χ4n) is 2.15. The van der Waals surface area contributed by atoms with Crippen LogP contribution in [0.25, 0.3) is 0 Å². The fourth-order valence-corrected chi connectivity index (χ4v) is 2.33. The lowest BCUT2D eigenvalue weighted by Crippen LogP contribution is -2.15. The summed E-state index contributed by atoms with van der Waals surface area (Å²) in [5, 5.41) is 3.40. The molecule has 0 atom stereocenters. The second kappa shape index (κ2) is 6.58. The van der Waals surface area contributed by atoms with Gasteiger partial charge in [-0.25, -0.2) is 0 Å². The summed E-state index contributed by atoms with van der Waals surface area (Å²) in [5.74, 6) is 1.09. The van der Waals surface area contributed by atoms with Gasteiger partial charge in [-0.05, 0) is 48.5 Å². The van der Waals surface area contributed by atoms with Gasteiger partial charge in [-0.15, -0.1) is 0 Å². The Morgan fingerprint density at radius 1 is 1.04 bits per heavy atom. The topological polar surface area (TPSA) is 43.3 Å². The van der Waals surface area contributed by atoms with Crippen LogP contribution in [0.2, 0.25) is 5.02 Å². The lowest BCUT2D eigenvalue weighted by Gasteiger charge is -2.09. The first-order valence-corrected chi connectivity index (χ1v) is 7.46. The van der Waals surface area contributed by atoms with E-state index in [4.69, 9.17) is 16.3 Å². The van der Waals surface area contributed by atoms with E-state index in [0.29, 0.717) is 27.9 Å². The molecule has 4 nitrogen and oxygen atoms in total. The minimum absolute atomic E-state index is 0.155. The number of para-hydroxylation sites is 1. The molecular formula is C18H15ClN2O2. The molecule has 0 saturated heterocycles. The van der Waals surface area contributed by atoms with Crippen molar-refractivity contribution >= 4 is 23.2 Å². The van der Waals surface area contributed by atoms with Crippen LogP contribution in [0.3, 0.4) is 0 Å². The van der Waals surface area contributed by atoms with Crippen LogP contribution in [0, 0.1) is 0 Å². The Morgan fingerprint density at radius 2 is 1.78 bits per heavy atom. The van der Waals surface area contributed by atoms with Gasteiger partial charge in [-0.2, -0.15) is 0 Å². The number of aromatic nitrogens is 1. The van der Waals surface area contributed by atoms with Crippen LogP contribution < -0.4 is 10.1 Å². The van der Waals surface area contributed by atoms with E-state index in [2.05, 4.69) is 5.32 Å². The lowest BCUT2D eigenvalue weighted by atomic mass is 10.3. The first kappa shape index (κ1) is 15.2. The van der Waals surface area contributed by atoms with Gasteiger partial charge in [-0.1, -0.05) is 23.7 Å². The number of hydrogen-bond acceptors (Lipinski definition) is 2. The molecule has 0 radical (unpaired) electrons. The van der Waals surface area contributed by atoms with Gasteiger partial charge in [0.25, 0.3) is 5.91 Å². The van der Waals surface area contributed by atoms with Crippen molar-refractivity contribution in [3.8, 4) is 11.5 Å². The highest BCUT2D eigenvalue weighted by molar-refractivity contribution is 6.32. The molecule has 1 heterocycles. The maximum absolute atomic E-state index is 12.1. The van der Waals surface area contributed by atoms with Crippen LogP contribution in [0.5, 0.6) is 11.5 Å². The van der Waals surface area contributed by atoms with Crippen molar-refractivity contribution in [2.45, 2.75) is 0 Å². The van der Waals surface area contributed by atoms with E-state index in [1.165, 1.54) is 0 Å². The molecule has 116 valence electrons. The summed E-state index contributed by atoms with van der Waals surface area (Å²) in [6, 6.07) is 18.0. The molecule has 0 aliphatic rings. The van der Waals surface area contributed by atoms with E-state index in [-0.39, 0.29) is 5.91 Å². The molecule has 1 N–H and O–H groups in total. The first-order valence-electron chi connectivity index (χ1n) is 7.08. The molecule has 1 amide bonds. The number of carbonyl (C=O) groups is 1. The number of carbonyl (C=O) groups excluding carboxylic acids is 1. The van der Waals surface area contributed by atoms with Crippen molar-refractivity contribution in [2.24, 2.45) is 7.05 Å². The molecule has 0 bridgehead atoms. The number of hydrogen-bond donors (Lipinski definition) is 1. The summed E-state index contributed by atoms with van der Waals surface area (Å²) < 4.78 is 7.48. The smallest absolute Gasteiger partial charge is 0.272 e. The third kappa shape index (κ3) is 3.55. The van der Waals surface area contributed by atoms with Crippen LogP contribution in [0.1, 0.15) is 10.5 Å². The number of ether oxygens (including phenoxy) is 1. The number of aryl methyl sites for hydroxylation is 1. The predicted octanol–water partition coefficient (Wildman–Crippen LogP) is 4.72. The number of anilines is 1. The molecule has 0 unspecified atom stereocenters. The monoisotopic (exact) mass is 326 g/mol. The van der Waals surface area contributed by atoms with Crippen molar-refractivity contribution < 1.29 is 9.53 Å². The molecule has 0 saturated carbocycles. The summed E-state index contributed by atoms with van der Waals surface area (Å²) in [4.78, 5) is 12.1. The standard InChI is InChI=1S/C18H15ClN2O2/c1-21-12-4-6-16(21)18(22)20-13-8-10-14(11-9-13)23-17-7-3-2-5-15(17)19/h2-12H,1H3,(H,20,22). The second-order valence-electron chi connectivity index (χ2n) is 5.02. The summed E-state index contributed by atoms with van der Waals surface area (Å²) in [7, 11) is 1.83. The molecule has 3 aromatic rings. The molecule has 3 rings (SSSR count). The molecule has 1 aromatic heterocycles. The van der Waals surface area contributed by atoms with Gasteiger partial charge in [0.15, 0.2) is 0 Å². The first-order chi connectivity index (χ1) is 11.1. The van der Waals surface area contributed by atoms with E-state index in [9.17, 15) is 4.79 Å². The average Bonchev–Trinajstić information content (AvgIpc) is 2.98. The van der Waals surface area contributed by atoms with Crippen molar-refractivity contribution in [2.75, 3.05) is 5.32 Å². The van der Waals surface area contributed by atoms with Crippen molar-refractivity contribution in [1.82, 2.24) is 4.57 Å². The molecule has 23 heavy (non-hydrogen) atoms. The van der Waals surface area contributed by atoms with Crippen LogP contribution in [-0.2, 0) is 7.05 Å². The maximum atomic E-state index is 12.1. The van der Waals surface area contributed by atoms with E-state index in [1.54, 1.807) is 47.0 Å².